The van der Waals surface area contributed by atoms with Gasteiger partial charge in [0.1, 0.15) is 0 Å². The summed E-state index contributed by atoms with van der Waals surface area (Å²) in [6.45, 7) is 9.60. The first-order valence-electron chi connectivity index (χ1n) is 8.53. The van der Waals surface area contributed by atoms with Crippen LogP contribution < -0.4 is 0 Å². The summed E-state index contributed by atoms with van der Waals surface area (Å²) in [4.78, 5) is 14.7. The molecule has 1 saturated heterocycles. The number of ketones is 1. The molecule has 2 unspecified atom stereocenters. The van der Waals surface area contributed by atoms with Crippen molar-refractivity contribution in [2.45, 2.75) is 46.3 Å². The van der Waals surface area contributed by atoms with Gasteiger partial charge in [-0.25, -0.2) is 0 Å². The van der Waals surface area contributed by atoms with Crippen molar-refractivity contribution in [3.8, 4) is 0 Å². The summed E-state index contributed by atoms with van der Waals surface area (Å²) in [5, 5.41) is 9.99. The number of aromatic nitrogens is 1. The Morgan fingerprint density at radius 1 is 1.43 bits per heavy atom. The summed E-state index contributed by atoms with van der Waals surface area (Å²) in [5.41, 5.74) is 2.97. The van der Waals surface area contributed by atoms with Gasteiger partial charge in [-0.05, 0) is 45.2 Å². The number of aliphatic hydroxyl groups excluding tert-OH is 1. The fourth-order valence-corrected chi connectivity index (χ4v) is 3.34. The molecule has 0 aliphatic carbocycles. The number of Topliss-reactive ketones (excluding diaryl/α,β-unsaturated/α-hetero) is 1. The van der Waals surface area contributed by atoms with E-state index in [9.17, 15) is 9.90 Å². The predicted molar refractivity (Wildman–Crippen MR) is 91.0 cm³/mol. The summed E-state index contributed by atoms with van der Waals surface area (Å²) in [6, 6.07) is 1.99. The Balaban J connectivity index is 2.01. The lowest BCUT2D eigenvalue weighted by Crippen LogP contribution is -2.44. The Bertz CT molecular complexity index is 539. The molecule has 1 aliphatic heterocycles. The van der Waals surface area contributed by atoms with Crippen LogP contribution in [0.5, 0.6) is 0 Å². The SMILES string of the molecule is COCCCn1c(C)cc(C(=O)CN2CCC(C)C(O)C2)c1C. The third-order valence-electron chi connectivity index (χ3n) is 4.97. The van der Waals surface area contributed by atoms with Crippen LogP contribution in [-0.2, 0) is 11.3 Å². The van der Waals surface area contributed by atoms with Gasteiger partial charge in [-0.2, -0.15) is 0 Å². The van der Waals surface area contributed by atoms with Crippen molar-refractivity contribution in [3.05, 3.63) is 23.0 Å². The Hall–Kier alpha value is -1.17. The Kier molecular flexibility index (Phi) is 6.39. The molecule has 2 rings (SSSR count). The molecular formula is C18H30N2O3. The van der Waals surface area contributed by atoms with E-state index in [1.54, 1.807) is 7.11 Å². The molecule has 2 heterocycles. The molecule has 0 amide bonds. The topological polar surface area (TPSA) is 54.7 Å². The lowest BCUT2D eigenvalue weighted by Gasteiger charge is -2.33. The Morgan fingerprint density at radius 2 is 2.17 bits per heavy atom. The van der Waals surface area contributed by atoms with Crippen molar-refractivity contribution >= 4 is 5.78 Å². The first-order valence-corrected chi connectivity index (χ1v) is 8.53. The summed E-state index contributed by atoms with van der Waals surface area (Å²) < 4.78 is 7.30. The minimum atomic E-state index is -0.321. The Morgan fingerprint density at radius 3 is 2.83 bits per heavy atom. The third kappa shape index (κ3) is 4.43. The zero-order valence-electron chi connectivity index (χ0n) is 14.8. The van der Waals surface area contributed by atoms with Crippen LogP contribution in [0, 0.1) is 19.8 Å². The van der Waals surface area contributed by atoms with E-state index in [-0.39, 0.29) is 11.9 Å². The van der Waals surface area contributed by atoms with Crippen LogP contribution in [0.2, 0.25) is 0 Å². The number of aliphatic hydroxyl groups is 1. The Labute approximate surface area is 139 Å². The number of aryl methyl sites for hydroxylation is 1. The van der Waals surface area contributed by atoms with Crippen molar-refractivity contribution in [1.82, 2.24) is 9.47 Å². The second-order valence-corrected chi connectivity index (χ2v) is 6.77. The van der Waals surface area contributed by atoms with E-state index in [0.717, 1.165) is 49.5 Å². The molecule has 1 fully saturated rings. The highest BCUT2D eigenvalue weighted by Crippen LogP contribution is 2.20. The molecule has 1 aliphatic rings. The molecule has 0 spiro atoms. The lowest BCUT2D eigenvalue weighted by atomic mass is 9.95. The number of likely N-dealkylation sites (tertiary alicyclic amines) is 1. The van der Waals surface area contributed by atoms with Gasteiger partial charge in [0.2, 0.25) is 0 Å². The van der Waals surface area contributed by atoms with E-state index >= 15 is 0 Å². The molecule has 0 aromatic carbocycles. The number of nitrogens with zero attached hydrogens (tertiary/aromatic N) is 2. The lowest BCUT2D eigenvalue weighted by molar-refractivity contribution is 0.0294. The highest BCUT2D eigenvalue weighted by molar-refractivity contribution is 5.99. The maximum absolute atomic E-state index is 12.7. The van der Waals surface area contributed by atoms with Gasteiger partial charge in [-0.1, -0.05) is 6.92 Å². The van der Waals surface area contributed by atoms with Gasteiger partial charge < -0.3 is 14.4 Å². The average molecular weight is 322 g/mol. The van der Waals surface area contributed by atoms with Crippen molar-refractivity contribution in [1.29, 1.82) is 0 Å². The molecule has 0 saturated carbocycles. The van der Waals surface area contributed by atoms with Gasteiger partial charge in [0, 0.05) is 43.8 Å². The van der Waals surface area contributed by atoms with E-state index in [2.05, 4.69) is 16.4 Å². The van der Waals surface area contributed by atoms with Crippen LogP contribution in [0.15, 0.2) is 6.07 Å². The fraction of sp³-hybridized carbons (Fsp3) is 0.722. The summed E-state index contributed by atoms with van der Waals surface area (Å²) in [7, 11) is 1.71. The van der Waals surface area contributed by atoms with Gasteiger partial charge in [-0.15, -0.1) is 0 Å². The smallest absolute Gasteiger partial charge is 0.178 e. The van der Waals surface area contributed by atoms with E-state index in [1.807, 2.05) is 19.9 Å². The predicted octanol–water partition coefficient (Wildman–Crippen LogP) is 2.03. The molecule has 23 heavy (non-hydrogen) atoms. The molecule has 5 heteroatoms. The van der Waals surface area contributed by atoms with Gasteiger partial charge in [0.25, 0.3) is 0 Å². The highest BCUT2D eigenvalue weighted by atomic mass is 16.5. The molecule has 2 atom stereocenters. The zero-order chi connectivity index (χ0) is 17.0. The number of rotatable bonds is 7. The largest absolute Gasteiger partial charge is 0.392 e. The summed E-state index contributed by atoms with van der Waals surface area (Å²) in [6.07, 6.45) is 1.57. The molecule has 1 aromatic heterocycles. The summed E-state index contributed by atoms with van der Waals surface area (Å²) >= 11 is 0. The standard InChI is InChI=1S/C18H30N2O3/c1-13-6-8-19(11-17(13)21)12-18(22)16-10-14(2)20(15(16)3)7-5-9-23-4/h10,13,17,21H,5-9,11-12H2,1-4H3. The summed E-state index contributed by atoms with van der Waals surface area (Å²) in [5.74, 6) is 0.477. The number of carbonyl (C=O) groups is 1. The van der Waals surface area contributed by atoms with Crippen molar-refractivity contribution in [2.24, 2.45) is 5.92 Å². The van der Waals surface area contributed by atoms with E-state index < -0.39 is 0 Å². The number of β-amino-alcohol motifs (C(OH)–C–C–N with tert-alkyl or cyclic N) is 1. The van der Waals surface area contributed by atoms with Crippen LogP contribution in [0.3, 0.4) is 0 Å². The second kappa shape index (κ2) is 8.08. The first-order chi connectivity index (χ1) is 10.9. The molecule has 0 bridgehead atoms. The number of ether oxygens (including phenoxy) is 1. The van der Waals surface area contributed by atoms with Gasteiger partial charge in [0.05, 0.1) is 12.6 Å². The third-order valence-corrected chi connectivity index (χ3v) is 4.97. The quantitative estimate of drug-likeness (QED) is 0.616. The minimum Gasteiger partial charge on any atom is -0.392 e. The normalized spacial score (nSPS) is 22.5. The van der Waals surface area contributed by atoms with E-state index in [4.69, 9.17) is 4.74 Å². The van der Waals surface area contributed by atoms with Gasteiger partial charge in [-0.3, -0.25) is 9.69 Å². The van der Waals surface area contributed by atoms with Gasteiger partial charge >= 0.3 is 0 Å². The van der Waals surface area contributed by atoms with Crippen LogP contribution in [0.1, 0.15) is 41.5 Å². The van der Waals surface area contributed by atoms with Crippen LogP contribution >= 0.6 is 0 Å². The van der Waals surface area contributed by atoms with Crippen LogP contribution in [0.4, 0.5) is 0 Å². The van der Waals surface area contributed by atoms with Crippen molar-refractivity contribution < 1.29 is 14.6 Å². The monoisotopic (exact) mass is 322 g/mol. The van der Waals surface area contributed by atoms with Crippen molar-refractivity contribution in [3.63, 3.8) is 0 Å². The number of methoxy groups -OCH3 is 1. The molecule has 5 nitrogen and oxygen atoms in total. The van der Waals surface area contributed by atoms with Crippen molar-refractivity contribution in [2.75, 3.05) is 33.4 Å². The molecule has 130 valence electrons. The zero-order valence-corrected chi connectivity index (χ0v) is 14.8. The molecule has 1 aromatic rings. The molecular weight excluding hydrogens is 292 g/mol. The van der Waals surface area contributed by atoms with E-state index in [0.29, 0.717) is 19.0 Å². The van der Waals surface area contributed by atoms with Gasteiger partial charge in [0.15, 0.2) is 5.78 Å². The minimum absolute atomic E-state index is 0.151. The second-order valence-electron chi connectivity index (χ2n) is 6.77. The number of hydrogen-bond donors (Lipinski definition) is 1. The maximum atomic E-state index is 12.7. The maximum Gasteiger partial charge on any atom is 0.178 e. The fourth-order valence-electron chi connectivity index (χ4n) is 3.34. The number of hydrogen-bond acceptors (Lipinski definition) is 4. The number of piperidine rings is 1. The first kappa shape index (κ1) is 18.2. The van der Waals surface area contributed by atoms with Crippen LogP contribution in [-0.4, -0.2) is 59.8 Å². The van der Waals surface area contributed by atoms with E-state index in [1.165, 1.54) is 0 Å². The molecule has 0 radical (unpaired) electrons. The molecule has 1 N–H and O–H groups in total. The highest BCUT2D eigenvalue weighted by Gasteiger charge is 2.26. The number of carbonyl (C=O) groups excluding carboxylic acids is 1. The van der Waals surface area contributed by atoms with Crippen LogP contribution in [0.25, 0.3) is 0 Å². The average Bonchev–Trinajstić information content (AvgIpc) is 2.79.